The first-order valence-corrected chi connectivity index (χ1v) is 13.4. The van der Waals surface area contributed by atoms with Crippen LogP contribution in [0.15, 0.2) is 53.0 Å². The molecule has 1 aromatic carbocycles. The van der Waals surface area contributed by atoms with E-state index in [1.165, 1.54) is 4.88 Å². The monoisotopic (exact) mass is 501 g/mol. The van der Waals surface area contributed by atoms with E-state index in [1.54, 1.807) is 18.3 Å². The summed E-state index contributed by atoms with van der Waals surface area (Å²) in [6, 6.07) is 12.0. The van der Waals surface area contributed by atoms with Crippen molar-refractivity contribution in [2.75, 3.05) is 11.5 Å². The molecule has 5 rings (SSSR count). The van der Waals surface area contributed by atoms with E-state index in [4.69, 9.17) is 10.5 Å². The number of ether oxygens (including phenoxy) is 1. The molecule has 0 spiro atoms. The number of aryl methyl sites for hydroxylation is 1. The molecule has 3 aliphatic rings. The van der Waals surface area contributed by atoms with E-state index in [2.05, 4.69) is 19.9 Å². The number of rotatable bonds is 4. The molecule has 0 radical (unpaired) electrons. The summed E-state index contributed by atoms with van der Waals surface area (Å²) in [6.07, 6.45) is 4.80. The maximum Gasteiger partial charge on any atom is 0.341 e. The van der Waals surface area contributed by atoms with Crippen LogP contribution in [-0.2, 0) is 22.4 Å². The van der Waals surface area contributed by atoms with E-state index in [1.807, 2.05) is 35.2 Å². The number of hydrogen-bond donors (Lipinski definition) is 1. The number of anilines is 1. The SMILES string of the molecule is CCOC(=O)c1c(N2C(N)=C(C#N)[C@@H](c3ccccc3)C3=C2CC(C)(C)CC3=O)sc2c1CCCC2. The summed E-state index contributed by atoms with van der Waals surface area (Å²) < 4.78 is 5.50. The van der Waals surface area contributed by atoms with Gasteiger partial charge in [0.05, 0.1) is 29.7 Å². The number of carbonyl (C=O) groups excluding carboxylic acids is 2. The molecule has 0 fully saturated rings. The van der Waals surface area contributed by atoms with Crippen molar-refractivity contribution in [2.24, 2.45) is 11.1 Å². The van der Waals surface area contributed by atoms with Crippen LogP contribution in [-0.4, -0.2) is 18.4 Å². The smallest absolute Gasteiger partial charge is 0.341 e. The molecule has 1 aromatic heterocycles. The number of nitriles is 1. The number of nitrogens with zero attached hydrogens (tertiary/aromatic N) is 2. The summed E-state index contributed by atoms with van der Waals surface area (Å²) >= 11 is 1.55. The van der Waals surface area contributed by atoms with Crippen molar-refractivity contribution >= 4 is 28.1 Å². The fourth-order valence-electron chi connectivity index (χ4n) is 5.84. The Labute approximate surface area is 216 Å². The third-order valence-corrected chi connectivity index (χ3v) is 8.63. The first-order chi connectivity index (χ1) is 17.3. The van der Waals surface area contributed by atoms with E-state index in [9.17, 15) is 14.9 Å². The van der Waals surface area contributed by atoms with E-state index in [0.29, 0.717) is 40.4 Å². The molecule has 2 heterocycles. The van der Waals surface area contributed by atoms with Crippen molar-refractivity contribution in [2.45, 2.75) is 65.2 Å². The van der Waals surface area contributed by atoms with Gasteiger partial charge in [0.25, 0.3) is 0 Å². The van der Waals surface area contributed by atoms with Crippen molar-refractivity contribution < 1.29 is 14.3 Å². The van der Waals surface area contributed by atoms with Gasteiger partial charge in [-0.05, 0) is 55.6 Å². The van der Waals surface area contributed by atoms with Gasteiger partial charge in [-0.2, -0.15) is 5.26 Å². The van der Waals surface area contributed by atoms with Crippen LogP contribution in [0.5, 0.6) is 0 Å². The Hall–Kier alpha value is -3.37. The number of allylic oxidation sites excluding steroid dienone is 3. The maximum absolute atomic E-state index is 13.7. The highest BCUT2D eigenvalue weighted by molar-refractivity contribution is 7.16. The molecule has 0 saturated carbocycles. The number of hydrogen-bond acceptors (Lipinski definition) is 7. The van der Waals surface area contributed by atoms with Gasteiger partial charge in [-0.15, -0.1) is 11.3 Å². The largest absolute Gasteiger partial charge is 0.462 e. The number of nitrogens with two attached hydrogens (primary N) is 1. The van der Waals surface area contributed by atoms with Gasteiger partial charge in [-0.25, -0.2) is 4.79 Å². The quantitative estimate of drug-likeness (QED) is 0.536. The molecule has 2 N–H and O–H groups in total. The Morgan fingerprint density at radius 1 is 1.22 bits per heavy atom. The van der Waals surface area contributed by atoms with Gasteiger partial charge in [0, 0.05) is 22.6 Å². The van der Waals surface area contributed by atoms with Crippen molar-refractivity contribution in [1.29, 1.82) is 5.26 Å². The second-order valence-corrected chi connectivity index (χ2v) is 11.6. The van der Waals surface area contributed by atoms with E-state index in [-0.39, 0.29) is 23.8 Å². The number of carbonyl (C=O) groups is 2. The summed E-state index contributed by atoms with van der Waals surface area (Å²) in [5, 5.41) is 11.0. The van der Waals surface area contributed by atoms with Crippen LogP contribution in [0.3, 0.4) is 0 Å². The van der Waals surface area contributed by atoms with Crippen molar-refractivity contribution in [3.05, 3.63) is 74.6 Å². The molecule has 186 valence electrons. The van der Waals surface area contributed by atoms with Crippen LogP contribution in [0.4, 0.5) is 5.00 Å². The van der Waals surface area contributed by atoms with Gasteiger partial charge in [0.1, 0.15) is 10.8 Å². The molecule has 0 unspecified atom stereocenters. The third kappa shape index (κ3) is 3.94. The summed E-state index contributed by atoms with van der Waals surface area (Å²) in [5.74, 6) is -0.572. The number of fused-ring (bicyclic) bond motifs is 1. The first-order valence-electron chi connectivity index (χ1n) is 12.6. The predicted molar refractivity (Wildman–Crippen MR) is 140 cm³/mol. The van der Waals surface area contributed by atoms with Crippen molar-refractivity contribution in [1.82, 2.24) is 0 Å². The normalized spacial score (nSPS) is 21.1. The van der Waals surface area contributed by atoms with Gasteiger partial charge >= 0.3 is 5.97 Å². The molecular weight excluding hydrogens is 470 g/mol. The highest BCUT2D eigenvalue weighted by Gasteiger charge is 2.46. The average molecular weight is 502 g/mol. The standard InChI is InChI=1S/C29H31N3O3S/c1-4-35-28(34)24-18-12-8-9-13-22(18)36-27(24)32-20-14-29(2,3)15-21(33)25(20)23(19(16-30)26(32)31)17-10-6-5-7-11-17/h5-7,10-11,23H,4,8-9,12-15,31H2,1-3H3/t23-/m1/s1. The van der Waals surface area contributed by atoms with E-state index >= 15 is 0 Å². The van der Waals surface area contributed by atoms with Crippen molar-refractivity contribution in [3.8, 4) is 6.07 Å². The number of Topliss-reactive ketones (excluding diaryl/α,β-unsaturated/α-hetero) is 1. The Balaban J connectivity index is 1.79. The molecule has 1 atom stereocenters. The Morgan fingerprint density at radius 3 is 2.64 bits per heavy atom. The molecule has 2 aromatic rings. The van der Waals surface area contributed by atoms with Crippen LogP contribution in [0.2, 0.25) is 0 Å². The first kappa shape index (κ1) is 24.3. The van der Waals surface area contributed by atoms with Gasteiger partial charge in [0.15, 0.2) is 5.78 Å². The zero-order valence-electron chi connectivity index (χ0n) is 21.0. The Morgan fingerprint density at radius 2 is 1.94 bits per heavy atom. The van der Waals surface area contributed by atoms with Crippen LogP contribution in [0.25, 0.3) is 0 Å². The minimum atomic E-state index is -0.522. The number of ketones is 1. The topological polar surface area (TPSA) is 96.4 Å². The van der Waals surface area contributed by atoms with Gasteiger partial charge in [0.2, 0.25) is 0 Å². The molecular formula is C29H31N3O3S. The molecule has 6 nitrogen and oxygen atoms in total. The number of thiophene rings is 1. The maximum atomic E-state index is 13.7. The average Bonchev–Trinajstić information content (AvgIpc) is 3.22. The summed E-state index contributed by atoms with van der Waals surface area (Å²) in [6.45, 7) is 6.23. The third-order valence-electron chi connectivity index (χ3n) is 7.35. The number of esters is 1. The highest BCUT2D eigenvalue weighted by Crippen LogP contribution is 2.53. The second kappa shape index (κ2) is 9.25. The minimum absolute atomic E-state index is 0.0272. The molecule has 2 aliphatic carbocycles. The lowest BCUT2D eigenvalue weighted by atomic mass is 9.68. The molecule has 0 amide bonds. The second-order valence-electron chi connectivity index (χ2n) is 10.5. The molecule has 7 heteroatoms. The van der Waals surface area contributed by atoms with Gasteiger partial charge in [-0.3, -0.25) is 9.69 Å². The summed E-state index contributed by atoms with van der Waals surface area (Å²) in [7, 11) is 0. The zero-order chi connectivity index (χ0) is 25.6. The lowest BCUT2D eigenvalue weighted by Crippen LogP contribution is -2.42. The highest BCUT2D eigenvalue weighted by atomic mass is 32.1. The van der Waals surface area contributed by atoms with Gasteiger partial charge in [-0.1, -0.05) is 44.2 Å². The van der Waals surface area contributed by atoms with Crippen LogP contribution >= 0.6 is 11.3 Å². The van der Waals surface area contributed by atoms with Crippen LogP contribution < -0.4 is 10.6 Å². The lowest BCUT2D eigenvalue weighted by molar-refractivity contribution is -0.118. The van der Waals surface area contributed by atoms with E-state index in [0.717, 1.165) is 42.5 Å². The van der Waals surface area contributed by atoms with Crippen molar-refractivity contribution in [3.63, 3.8) is 0 Å². The minimum Gasteiger partial charge on any atom is -0.462 e. The predicted octanol–water partition coefficient (Wildman–Crippen LogP) is 5.74. The van der Waals surface area contributed by atoms with E-state index < -0.39 is 5.92 Å². The fourth-order valence-corrected chi connectivity index (χ4v) is 7.26. The summed E-state index contributed by atoms with van der Waals surface area (Å²) in [4.78, 5) is 30.0. The Kier molecular flexibility index (Phi) is 6.25. The fraction of sp³-hybridized carbons (Fsp3) is 0.414. The number of benzene rings is 1. The molecule has 0 saturated heterocycles. The zero-order valence-corrected chi connectivity index (χ0v) is 21.8. The van der Waals surface area contributed by atoms with Gasteiger partial charge < -0.3 is 10.5 Å². The molecule has 0 bridgehead atoms. The van der Waals surface area contributed by atoms with Crippen LogP contribution in [0.1, 0.15) is 78.7 Å². The Bertz CT molecular complexity index is 1340. The summed E-state index contributed by atoms with van der Waals surface area (Å²) in [5.41, 5.74) is 10.7. The van der Waals surface area contributed by atoms with Crippen LogP contribution in [0, 0.1) is 16.7 Å². The lowest BCUT2D eigenvalue weighted by Gasteiger charge is -2.43. The molecule has 36 heavy (non-hydrogen) atoms. The molecule has 1 aliphatic heterocycles.